The second-order valence-corrected chi connectivity index (χ2v) is 7.19. The molecular formula is C20H23NO3. The number of carbonyl (C=O) groups is 1. The van der Waals surface area contributed by atoms with Crippen LogP contribution in [0.15, 0.2) is 48.5 Å². The zero-order valence-electron chi connectivity index (χ0n) is 14.3. The smallest absolute Gasteiger partial charge is 0.411 e. The zero-order chi connectivity index (χ0) is 17.3. The van der Waals surface area contributed by atoms with Gasteiger partial charge < -0.3 is 9.84 Å². The van der Waals surface area contributed by atoms with Gasteiger partial charge in [0, 0.05) is 6.54 Å². The molecule has 0 radical (unpaired) electrons. The highest BCUT2D eigenvalue weighted by Crippen LogP contribution is 2.34. The Kier molecular flexibility index (Phi) is 4.22. The zero-order valence-corrected chi connectivity index (χ0v) is 14.3. The minimum atomic E-state index is -0.534. The van der Waals surface area contributed by atoms with Crippen LogP contribution < -0.4 is 0 Å². The fourth-order valence-corrected chi connectivity index (χ4v) is 3.03. The molecule has 0 spiro atoms. The lowest BCUT2D eigenvalue weighted by atomic mass is 9.90. The normalized spacial score (nSPS) is 17.3. The largest absolute Gasteiger partial charge is 0.508 e. The van der Waals surface area contributed by atoms with Crippen LogP contribution in [-0.4, -0.2) is 21.7 Å². The summed E-state index contributed by atoms with van der Waals surface area (Å²) in [7, 11) is 0. The Labute approximate surface area is 142 Å². The summed E-state index contributed by atoms with van der Waals surface area (Å²) in [6.45, 7) is 6.14. The van der Waals surface area contributed by atoms with Crippen molar-refractivity contribution < 1.29 is 14.6 Å². The van der Waals surface area contributed by atoms with E-state index in [9.17, 15) is 9.90 Å². The Morgan fingerprint density at radius 1 is 1.08 bits per heavy atom. The number of hydrogen-bond donors (Lipinski definition) is 1. The number of amides is 1. The summed E-state index contributed by atoms with van der Waals surface area (Å²) >= 11 is 0. The van der Waals surface area contributed by atoms with E-state index in [-0.39, 0.29) is 17.9 Å². The van der Waals surface area contributed by atoms with Crippen molar-refractivity contribution in [3.8, 4) is 5.75 Å². The highest BCUT2D eigenvalue weighted by atomic mass is 16.6. The Morgan fingerprint density at radius 3 is 2.33 bits per heavy atom. The minimum Gasteiger partial charge on any atom is -0.508 e. The molecule has 1 N–H and O–H groups in total. The predicted molar refractivity (Wildman–Crippen MR) is 92.8 cm³/mol. The lowest BCUT2D eigenvalue weighted by molar-refractivity contribution is 0.0116. The SMILES string of the molecule is CC(C)(C)OC(=O)N1Cc2ccccc2CC1c1ccc(O)cc1. The molecule has 0 saturated heterocycles. The monoisotopic (exact) mass is 325 g/mol. The van der Waals surface area contributed by atoms with E-state index in [0.717, 1.165) is 17.5 Å². The van der Waals surface area contributed by atoms with Crippen LogP contribution in [0.25, 0.3) is 0 Å². The summed E-state index contributed by atoms with van der Waals surface area (Å²) in [5.74, 6) is 0.221. The van der Waals surface area contributed by atoms with E-state index in [4.69, 9.17) is 4.74 Å². The van der Waals surface area contributed by atoms with Gasteiger partial charge in [-0.2, -0.15) is 0 Å². The Balaban J connectivity index is 1.95. The second-order valence-electron chi connectivity index (χ2n) is 7.19. The standard InChI is InChI=1S/C20H23NO3/c1-20(2,3)24-19(23)21-13-16-7-5-4-6-15(16)12-18(21)14-8-10-17(22)11-9-14/h4-11,18,22H,12-13H2,1-3H3. The molecule has 2 aromatic carbocycles. The molecule has 4 nitrogen and oxygen atoms in total. The highest BCUT2D eigenvalue weighted by Gasteiger charge is 2.33. The first kappa shape index (κ1) is 16.4. The number of rotatable bonds is 1. The van der Waals surface area contributed by atoms with Crippen LogP contribution >= 0.6 is 0 Å². The number of phenolic OH excluding ortho intramolecular Hbond substituents is 1. The first-order valence-corrected chi connectivity index (χ1v) is 8.19. The van der Waals surface area contributed by atoms with Gasteiger partial charge in [0.2, 0.25) is 0 Å². The van der Waals surface area contributed by atoms with Gasteiger partial charge in [-0.15, -0.1) is 0 Å². The molecule has 126 valence electrons. The molecule has 0 aromatic heterocycles. The number of fused-ring (bicyclic) bond motifs is 1. The van der Waals surface area contributed by atoms with Crippen molar-refractivity contribution in [2.24, 2.45) is 0 Å². The quantitative estimate of drug-likeness (QED) is 0.844. The first-order chi connectivity index (χ1) is 11.3. The molecule has 1 unspecified atom stereocenters. The van der Waals surface area contributed by atoms with Crippen molar-refractivity contribution in [1.82, 2.24) is 4.90 Å². The van der Waals surface area contributed by atoms with E-state index < -0.39 is 5.60 Å². The third kappa shape index (κ3) is 3.53. The topological polar surface area (TPSA) is 49.8 Å². The van der Waals surface area contributed by atoms with Gasteiger partial charge in [-0.05, 0) is 56.0 Å². The van der Waals surface area contributed by atoms with Crippen LogP contribution in [0.4, 0.5) is 4.79 Å². The maximum Gasteiger partial charge on any atom is 0.411 e. The fourth-order valence-electron chi connectivity index (χ4n) is 3.03. The maximum absolute atomic E-state index is 12.7. The predicted octanol–water partition coefficient (Wildman–Crippen LogP) is 4.43. The summed E-state index contributed by atoms with van der Waals surface area (Å²) in [4.78, 5) is 14.5. The van der Waals surface area contributed by atoms with Crippen LogP contribution in [-0.2, 0) is 17.7 Å². The molecule has 0 bridgehead atoms. The van der Waals surface area contributed by atoms with Crippen molar-refractivity contribution >= 4 is 6.09 Å². The molecule has 0 saturated carbocycles. The Bertz CT molecular complexity index is 731. The molecule has 0 fully saturated rings. The molecule has 4 heteroatoms. The summed E-state index contributed by atoms with van der Waals surface area (Å²) in [6, 6.07) is 15.1. The lowest BCUT2D eigenvalue weighted by Gasteiger charge is -2.38. The van der Waals surface area contributed by atoms with E-state index in [0.29, 0.717) is 6.54 Å². The van der Waals surface area contributed by atoms with Crippen LogP contribution in [0.5, 0.6) is 5.75 Å². The van der Waals surface area contributed by atoms with E-state index in [1.165, 1.54) is 5.56 Å². The summed E-state index contributed by atoms with van der Waals surface area (Å²) in [6.07, 6.45) is 0.426. The third-order valence-electron chi connectivity index (χ3n) is 4.15. The molecule has 2 aromatic rings. The Morgan fingerprint density at radius 2 is 1.71 bits per heavy atom. The van der Waals surface area contributed by atoms with Crippen molar-refractivity contribution in [3.05, 3.63) is 65.2 Å². The fraction of sp³-hybridized carbons (Fsp3) is 0.350. The van der Waals surface area contributed by atoms with Gasteiger partial charge in [0.1, 0.15) is 11.4 Å². The van der Waals surface area contributed by atoms with Crippen molar-refractivity contribution in [1.29, 1.82) is 0 Å². The summed E-state index contributed by atoms with van der Waals surface area (Å²) in [5.41, 5.74) is 2.86. The van der Waals surface area contributed by atoms with E-state index >= 15 is 0 Å². The van der Waals surface area contributed by atoms with E-state index in [1.54, 1.807) is 17.0 Å². The van der Waals surface area contributed by atoms with Crippen molar-refractivity contribution in [3.63, 3.8) is 0 Å². The third-order valence-corrected chi connectivity index (χ3v) is 4.15. The minimum absolute atomic E-state index is 0.102. The van der Waals surface area contributed by atoms with Crippen molar-refractivity contribution in [2.75, 3.05) is 0 Å². The number of ether oxygens (including phenoxy) is 1. The van der Waals surface area contributed by atoms with E-state index in [1.807, 2.05) is 45.0 Å². The van der Waals surface area contributed by atoms with Gasteiger partial charge in [-0.25, -0.2) is 4.79 Å². The molecular weight excluding hydrogens is 302 g/mol. The molecule has 1 amide bonds. The lowest BCUT2D eigenvalue weighted by Crippen LogP contribution is -2.42. The number of aromatic hydroxyl groups is 1. The molecule has 3 rings (SSSR count). The number of benzene rings is 2. The summed E-state index contributed by atoms with van der Waals surface area (Å²) in [5, 5.41) is 9.54. The van der Waals surface area contributed by atoms with Crippen molar-refractivity contribution in [2.45, 2.75) is 45.4 Å². The molecule has 1 aliphatic heterocycles. The van der Waals surface area contributed by atoms with Gasteiger partial charge >= 0.3 is 6.09 Å². The van der Waals surface area contributed by atoms with Gasteiger partial charge in [0.05, 0.1) is 6.04 Å². The Hall–Kier alpha value is -2.49. The average molecular weight is 325 g/mol. The molecule has 24 heavy (non-hydrogen) atoms. The number of carbonyl (C=O) groups excluding carboxylic acids is 1. The molecule has 0 aliphatic carbocycles. The first-order valence-electron chi connectivity index (χ1n) is 8.19. The number of hydrogen-bond acceptors (Lipinski definition) is 3. The van der Waals surface area contributed by atoms with Gasteiger partial charge in [0.25, 0.3) is 0 Å². The van der Waals surface area contributed by atoms with Crippen LogP contribution in [0.3, 0.4) is 0 Å². The highest BCUT2D eigenvalue weighted by molar-refractivity contribution is 5.69. The average Bonchev–Trinajstić information content (AvgIpc) is 2.53. The van der Waals surface area contributed by atoms with Gasteiger partial charge in [-0.3, -0.25) is 4.90 Å². The molecule has 1 heterocycles. The van der Waals surface area contributed by atoms with E-state index in [2.05, 4.69) is 12.1 Å². The summed E-state index contributed by atoms with van der Waals surface area (Å²) < 4.78 is 5.61. The van der Waals surface area contributed by atoms with Crippen LogP contribution in [0.2, 0.25) is 0 Å². The molecule has 1 atom stereocenters. The number of nitrogens with zero attached hydrogens (tertiary/aromatic N) is 1. The molecule has 1 aliphatic rings. The van der Waals surface area contributed by atoms with Crippen LogP contribution in [0.1, 0.15) is 43.5 Å². The van der Waals surface area contributed by atoms with Crippen LogP contribution in [0, 0.1) is 0 Å². The van der Waals surface area contributed by atoms with Gasteiger partial charge in [0.15, 0.2) is 0 Å². The van der Waals surface area contributed by atoms with Gasteiger partial charge in [-0.1, -0.05) is 36.4 Å². The number of phenols is 1. The maximum atomic E-state index is 12.7. The second kappa shape index (κ2) is 6.19.